The van der Waals surface area contributed by atoms with Crippen LogP contribution >= 0.6 is 11.6 Å². The predicted octanol–water partition coefficient (Wildman–Crippen LogP) is 7.74. The first kappa shape index (κ1) is 34.8. The summed E-state index contributed by atoms with van der Waals surface area (Å²) in [6, 6.07) is 23.8. The summed E-state index contributed by atoms with van der Waals surface area (Å²) < 4.78 is 11.8. The fourth-order valence-corrected chi connectivity index (χ4v) is 4.58. The normalized spacial score (nSPS) is 11.6. The van der Waals surface area contributed by atoms with E-state index in [4.69, 9.17) is 21.1 Å². The standard InChI is InChI=1S/C33H41ClN2O4.C2H6/c1-36(2,3)31(24-26-14-9-8-10-15-26)32(37)35-22-11-6-4-5-7-12-23-39-29-18-20-30(21-19-29)40-33(38)27-16-13-17-28(34)25-27;1-2/h8-10,13-21,25,31H,4-7,11-12,22-24H2,1-3H3;1-2H3/p+1. The maximum absolute atomic E-state index is 12.9. The monoisotopic (exact) mass is 595 g/mol. The molecule has 0 spiro atoms. The molecule has 0 bridgehead atoms. The van der Waals surface area contributed by atoms with E-state index in [0.29, 0.717) is 27.4 Å². The molecule has 0 aliphatic heterocycles. The van der Waals surface area contributed by atoms with Crippen LogP contribution in [0.4, 0.5) is 0 Å². The molecule has 1 N–H and O–H groups in total. The van der Waals surface area contributed by atoms with Gasteiger partial charge in [-0.15, -0.1) is 0 Å². The van der Waals surface area contributed by atoms with Crippen LogP contribution in [-0.2, 0) is 11.2 Å². The minimum Gasteiger partial charge on any atom is -0.494 e. The van der Waals surface area contributed by atoms with E-state index in [2.05, 4.69) is 38.6 Å². The van der Waals surface area contributed by atoms with E-state index < -0.39 is 5.97 Å². The lowest BCUT2D eigenvalue weighted by molar-refractivity contribution is -0.886. The molecule has 0 saturated heterocycles. The second-order valence-electron chi connectivity index (χ2n) is 11.0. The third-order valence-corrected chi connectivity index (χ3v) is 6.98. The van der Waals surface area contributed by atoms with Gasteiger partial charge in [-0.1, -0.05) is 87.5 Å². The van der Waals surface area contributed by atoms with Crippen molar-refractivity contribution in [2.75, 3.05) is 34.3 Å². The van der Waals surface area contributed by atoms with Crippen molar-refractivity contribution < 1.29 is 23.5 Å². The van der Waals surface area contributed by atoms with E-state index in [9.17, 15) is 9.59 Å². The smallest absolute Gasteiger partial charge is 0.343 e. The maximum Gasteiger partial charge on any atom is 0.343 e. The van der Waals surface area contributed by atoms with Gasteiger partial charge >= 0.3 is 5.97 Å². The zero-order valence-electron chi connectivity index (χ0n) is 25.9. The largest absolute Gasteiger partial charge is 0.494 e. The van der Waals surface area contributed by atoms with Crippen molar-refractivity contribution in [1.29, 1.82) is 0 Å². The van der Waals surface area contributed by atoms with E-state index in [-0.39, 0.29) is 11.9 Å². The number of nitrogens with zero attached hydrogens (tertiary/aromatic N) is 1. The molecule has 0 saturated carbocycles. The lowest BCUT2D eigenvalue weighted by Gasteiger charge is -2.33. The van der Waals surface area contributed by atoms with Crippen molar-refractivity contribution >= 4 is 23.5 Å². The van der Waals surface area contributed by atoms with Crippen LogP contribution in [0.5, 0.6) is 11.5 Å². The van der Waals surface area contributed by atoms with Crippen molar-refractivity contribution in [2.24, 2.45) is 0 Å². The molecule has 1 amide bonds. The Balaban J connectivity index is 0.00000301. The highest BCUT2D eigenvalue weighted by molar-refractivity contribution is 6.30. The average Bonchev–Trinajstić information content (AvgIpc) is 2.98. The van der Waals surface area contributed by atoms with Gasteiger partial charge in [-0.05, 0) is 60.9 Å². The molecule has 0 aliphatic carbocycles. The lowest BCUT2D eigenvalue weighted by atomic mass is 10.0. The van der Waals surface area contributed by atoms with Gasteiger partial charge in [0, 0.05) is 18.0 Å². The first-order valence-electron chi connectivity index (χ1n) is 15.1. The average molecular weight is 596 g/mol. The Morgan fingerprint density at radius 1 is 0.786 bits per heavy atom. The van der Waals surface area contributed by atoms with E-state index in [1.165, 1.54) is 5.56 Å². The fraction of sp³-hybridized carbons (Fsp3) is 0.429. The quantitative estimate of drug-likeness (QED) is 0.0796. The summed E-state index contributed by atoms with van der Waals surface area (Å²) in [5.74, 6) is 0.881. The Labute approximate surface area is 257 Å². The fourth-order valence-electron chi connectivity index (χ4n) is 4.39. The van der Waals surface area contributed by atoms with Crippen LogP contribution in [0.25, 0.3) is 0 Å². The van der Waals surface area contributed by atoms with E-state index in [1.54, 1.807) is 48.5 Å². The Morgan fingerprint density at radius 3 is 2.05 bits per heavy atom. The van der Waals surface area contributed by atoms with Crippen LogP contribution in [0.15, 0.2) is 78.9 Å². The second-order valence-corrected chi connectivity index (χ2v) is 11.4. The molecule has 0 aliphatic rings. The number of hydrogen-bond donors (Lipinski definition) is 1. The maximum atomic E-state index is 12.9. The molecule has 228 valence electrons. The molecule has 42 heavy (non-hydrogen) atoms. The molecule has 6 nitrogen and oxygen atoms in total. The van der Waals surface area contributed by atoms with Crippen molar-refractivity contribution in [1.82, 2.24) is 5.32 Å². The summed E-state index contributed by atoms with van der Waals surface area (Å²) in [5.41, 5.74) is 1.59. The number of rotatable bonds is 16. The molecular formula is C35H48ClN2O4+. The first-order valence-corrected chi connectivity index (χ1v) is 15.4. The number of amides is 1. The number of likely N-dealkylation sites (N-methyl/N-ethyl adjacent to an activating group) is 1. The van der Waals surface area contributed by atoms with Crippen LogP contribution in [0.2, 0.25) is 5.02 Å². The minimum atomic E-state index is -0.449. The molecule has 0 heterocycles. The number of halogens is 1. The summed E-state index contributed by atoms with van der Waals surface area (Å²) >= 11 is 5.94. The third kappa shape index (κ3) is 13.1. The minimum absolute atomic E-state index is 0.109. The Morgan fingerprint density at radius 2 is 1.40 bits per heavy atom. The van der Waals surface area contributed by atoms with Gasteiger partial charge in [-0.2, -0.15) is 0 Å². The molecule has 0 fully saturated rings. The Bertz CT molecular complexity index is 1190. The zero-order chi connectivity index (χ0) is 30.8. The second kappa shape index (κ2) is 19.0. The third-order valence-electron chi connectivity index (χ3n) is 6.74. The molecule has 1 unspecified atom stereocenters. The van der Waals surface area contributed by atoms with E-state index in [1.807, 2.05) is 32.0 Å². The number of esters is 1. The highest BCUT2D eigenvalue weighted by Gasteiger charge is 2.31. The number of carbonyl (C=O) groups excluding carboxylic acids is 2. The topological polar surface area (TPSA) is 64.6 Å². The van der Waals surface area contributed by atoms with E-state index >= 15 is 0 Å². The molecular weight excluding hydrogens is 548 g/mol. The van der Waals surface area contributed by atoms with Gasteiger partial charge in [0.2, 0.25) is 0 Å². The molecule has 1 atom stereocenters. The van der Waals surface area contributed by atoms with Gasteiger partial charge in [0.15, 0.2) is 6.04 Å². The molecule has 0 radical (unpaired) electrons. The van der Waals surface area contributed by atoms with E-state index in [0.717, 1.165) is 57.2 Å². The van der Waals surface area contributed by atoms with Crippen molar-refractivity contribution in [2.45, 2.75) is 64.8 Å². The number of nitrogens with one attached hydrogen (secondary N) is 1. The number of unbranched alkanes of at least 4 members (excludes halogenated alkanes) is 5. The van der Waals surface area contributed by atoms with Crippen LogP contribution in [0.1, 0.15) is 68.3 Å². The Hall–Kier alpha value is -3.35. The summed E-state index contributed by atoms with van der Waals surface area (Å²) in [7, 11) is 6.23. The van der Waals surface area contributed by atoms with Gasteiger partial charge in [-0.3, -0.25) is 4.79 Å². The zero-order valence-corrected chi connectivity index (χ0v) is 26.7. The van der Waals surface area contributed by atoms with Crippen LogP contribution in [0, 0.1) is 0 Å². The van der Waals surface area contributed by atoms with Crippen molar-refractivity contribution in [3.8, 4) is 11.5 Å². The Kier molecular flexibility index (Phi) is 15.7. The molecule has 0 aromatic heterocycles. The number of ether oxygens (including phenoxy) is 2. The highest BCUT2D eigenvalue weighted by atomic mass is 35.5. The van der Waals surface area contributed by atoms with Crippen molar-refractivity contribution in [3.63, 3.8) is 0 Å². The highest BCUT2D eigenvalue weighted by Crippen LogP contribution is 2.20. The van der Waals surface area contributed by atoms with Crippen LogP contribution in [-0.4, -0.2) is 56.7 Å². The van der Waals surface area contributed by atoms with Crippen LogP contribution < -0.4 is 14.8 Å². The SMILES string of the molecule is CC.C[N+](C)(C)C(Cc1ccccc1)C(=O)NCCCCCCCCOc1ccc(OC(=O)c2cccc(Cl)c2)cc1. The molecule has 3 rings (SSSR count). The van der Waals surface area contributed by atoms with Crippen molar-refractivity contribution in [3.05, 3.63) is 95.0 Å². The summed E-state index contributed by atoms with van der Waals surface area (Å²) in [6.07, 6.45) is 7.20. The predicted molar refractivity (Wildman–Crippen MR) is 172 cm³/mol. The summed E-state index contributed by atoms with van der Waals surface area (Å²) in [6.45, 7) is 5.36. The molecule has 3 aromatic rings. The van der Waals surface area contributed by atoms with Gasteiger partial charge in [0.25, 0.3) is 5.91 Å². The van der Waals surface area contributed by atoms with Gasteiger partial charge in [0.05, 0.1) is 33.3 Å². The summed E-state index contributed by atoms with van der Waals surface area (Å²) in [5, 5.41) is 3.65. The number of benzene rings is 3. The number of carbonyl (C=O) groups is 2. The van der Waals surface area contributed by atoms with Gasteiger partial charge < -0.3 is 19.3 Å². The number of quaternary nitrogens is 1. The van der Waals surface area contributed by atoms with Gasteiger partial charge in [0.1, 0.15) is 11.5 Å². The molecule has 7 heteroatoms. The summed E-state index contributed by atoms with van der Waals surface area (Å²) in [4.78, 5) is 25.1. The lowest BCUT2D eigenvalue weighted by Crippen LogP contribution is -2.55. The van der Waals surface area contributed by atoms with Crippen LogP contribution in [0.3, 0.4) is 0 Å². The van der Waals surface area contributed by atoms with Gasteiger partial charge in [-0.25, -0.2) is 4.79 Å². The number of hydrogen-bond acceptors (Lipinski definition) is 4. The first-order chi connectivity index (χ1) is 20.2. The molecule has 3 aromatic carbocycles.